The lowest BCUT2D eigenvalue weighted by molar-refractivity contribution is -0.385. The van der Waals surface area contributed by atoms with Crippen LogP contribution in [-0.4, -0.2) is 39.1 Å². The number of rotatable bonds is 5. The first-order chi connectivity index (χ1) is 10.0. The normalized spacial score (nSPS) is 11.4. The van der Waals surface area contributed by atoms with E-state index in [0.29, 0.717) is 11.3 Å². The van der Waals surface area contributed by atoms with Gasteiger partial charge in [-0.3, -0.25) is 10.1 Å². The van der Waals surface area contributed by atoms with Gasteiger partial charge in [-0.2, -0.15) is 0 Å². The van der Waals surface area contributed by atoms with Crippen LogP contribution in [0.3, 0.4) is 0 Å². The highest BCUT2D eigenvalue weighted by molar-refractivity contribution is 5.90. The van der Waals surface area contributed by atoms with Crippen molar-refractivity contribution in [1.82, 2.24) is 4.90 Å². The van der Waals surface area contributed by atoms with E-state index in [9.17, 15) is 20.0 Å². The number of carbonyl (C=O) groups excluding carboxylic acids is 1. The molecule has 1 rings (SSSR count). The number of aryl methyl sites for hydroxylation is 1. The van der Waals surface area contributed by atoms with Gasteiger partial charge >= 0.3 is 6.03 Å². The summed E-state index contributed by atoms with van der Waals surface area (Å²) < 4.78 is 0. The summed E-state index contributed by atoms with van der Waals surface area (Å²) in [6.45, 7) is 8.70. The smallest absolute Gasteiger partial charge is 0.322 e. The van der Waals surface area contributed by atoms with E-state index in [-0.39, 0.29) is 18.3 Å². The van der Waals surface area contributed by atoms with E-state index in [1.807, 2.05) is 13.8 Å². The topological polar surface area (TPSA) is 95.7 Å². The Kier molecular flexibility index (Phi) is 5.48. The molecule has 0 spiro atoms. The summed E-state index contributed by atoms with van der Waals surface area (Å²) in [4.78, 5) is 24.3. The van der Waals surface area contributed by atoms with Gasteiger partial charge in [-0.15, -0.1) is 0 Å². The molecule has 0 saturated heterocycles. The monoisotopic (exact) mass is 309 g/mol. The quantitative estimate of drug-likeness (QED) is 0.645. The number of hydrogen-bond acceptors (Lipinski definition) is 4. The first-order valence-corrected chi connectivity index (χ1v) is 7.06. The van der Waals surface area contributed by atoms with Crippen LogP contribution < -0.4 is 5.32 Å². The molecule has 0 atom stereocenters. The third kappa shape index (κ3) is 5.00. The minimum atomic E-state index is -1.03. The van der Waals surface area contributed by atoms with Crippen molar-refractivity contribution in [2.75, 3.05) is 11.9 Å². The summed E-state index contributed by atoms with van der Waals surface area (Å²) >= 11 is 0. The second-order valence-corrected chi connectivity index (χ2v) is 6.22. The number of urea groups is 1. The average Bonchev–Trinajstić information content (AvgIpc) is 2.36. The second-order valence-electron chi connectivity index (χ2n) is 6.22. The molecule has 0 aliphatic rings. The van der Waals surface area contributed by atoms with Crippen LogP contribution in [-0.2, 0) is 0 Å². The van der Waals surface area contributed by atoms with Gasteiger partial charge in [0.15, 0.2) is 0 Å². The molecule has 1 aromatic rings. The van der Waals surface area contributed by atoms with E-state index in [1.54, 1.807) is 32.9 Å². The maximum Gasteiger partial charge on any atom is 0.322 e. The SMILES string of the molecule is Cc1ccc(NC(=O)N(CC(C)(C)O)C(C)C)cc1[N+](=O)[O-]. The third-order valence-electron chi connectivity index (χ3n) is 3.10. The Balaban J connectivity index is 2.95. The van der Waals surface area contributed by atoms with Crippen LogP contribution in [0.5, 0.6) is 0 Å². The van der Waals surface area contributed by atoms with Gasteiger partial charge in [0, 0.05) is 23.4 Å². The van der Waals surface area contributed by atoms with Gasteiger partial charge < -0.3 is 15.3 Å². The van der Waals surface area contributed by atoms with E-state index < -0.39 is 16.6 Å². The van der Waals surface area contributed by atoms with Gasteiger partial charge in [-0.05, 0) is 40.7 Å². The summed E-state index contributed by atoms with van der Waals surface area (Å²) in [7, 11) is 0. The molecule has 122 valence electrons. The van der Waals surface area contributed by atoms with Crippen molar-refractivity contribution in [3.8, 4) is 0 Å². The lowest BCUT2D eigenvalue weighted by Crippen LogP contribution is -2.47. The molecule has 0 bridgehead atoms. The maximum absolute atomic E-state index is 12.3. The van der Waals surface area contributed by atoms with Crippen LogP contribution in [0.1, 0.15) is 33.3 Å². The molecule has 0 aliphatic carbocycles. The van der Waals surface area contributed by atoms with Gasteiger partial charge in [0.25, 0.3) is 5.69 Å². The summed E-state index contributed by atoms with van der Waals surface area (Å²) in [5.74, 6) is 0. The van der Waals surface area contributed by atoms with Crippen LogP contribution in [0, 0.1) is 17.0 Å². The zero-order chi connectivity index (χ0) is 17.1. The summed E-state index contributed by atoms with van der Waals surface area (Å²) in [6.07, 6.45) is 0. The maximum atomic E-state index is 12.3. The second kappa shape index (κ2) is 6.74. The zero-order valence-corrected chi connectivity index (χ0v) is 13.6. The molecule has 0 aliphatic heterocycles. The van der Waals surface area contributed by atoms with E-state index in [2.05, 4.69) is 5.32 Å². The van der Waals surface area contributed by atoms with Crippen LogP contribution >= 0.6 is 0 Å². The number of nitro groups is 1. The van der Waals surface area contributed by atoms with Crippen molar-refractivity contribution in [3.63, 3.8) is 0 Å². The Hall–Kier alpha value is -2.15. The molecule has 7 heteroatoms. The molecule has 7 nitrogen and oxygen atoms in total. The molecule has 0 unspecified atom stereocenters. The highest BCUT2D eigenvalue weighted by Gasteiger charge is 2.25. The number of nitrogens with one attached hydrogen (secondary N) is 1. The minimum Gasteiger partial charge on any atom is -0.389 e. The molecule has 1 aromatic carbocycles. The van der Waals surface area contributed by atoms with Gasteiger partial charge in [-0.1, -0.05) is 6.07 Å². The molecule has 2 amide bonds. The molecule has 22 heavy (non-hydrogen) atoms. The van der Waals surface area contributed by atoms with Crippen molar-refractivity contribution in [2.24, 2.45) is 0 Å². The van der Waals surface area contributed by atoms with Crippen LogP contribution in [0.4, 0.5) is 16.2 Å². The minimum absolute atomic E-state index is 0.0450. The fourth-order valence-corrected chi connectivity index (χ4v) is 1.98. The molecule has 0 fully saturated rings. The number of aliphatic hydroxyl groups is 1. The number of nitrogens with zero attached hydrogens (tertiary/aromatic N) is 2. The number of nitro benzene ring substituents is 1. The highest BCUT2D eigenvalue weighted by Crippen LogP contribution is 2.23. The Morgan fingerprint density at radius 3 is 2.50 bits per heavy atom. The van der Waals surface area contributed by atoms with Crippen molar-refractivity contribution in [1.29, 1.82) is 0 Å². The number of benzene rings is 1. The number of amides is 2. The lowest BCUT2D eigenvalue weighted by atomic mass is 10.1. The van der Waals surface area contributed by atoms with Crippen molar-refractivity contribution < 1.29 is 14.8 Å². The Morgan fingerprint density at radius 2 is 2.05 bits per heavy atom. The standard InChI is InChI=1S/C15H23N3O4/c1-10(2)17(9-15(4,5)20)14(19)16-12-7-6-11(3)13(8-12)18(21)22/h6-8,10,20H,9H2,1-5H3,(H,16,19). The fraction of sp³-hybridized carbons (Fsp3) is 0.533. The summed E-state index contributed by atoms with van der Waals surface area (Å²) in [6, 6.07) is 4.00. The molecular formula is C15H23N3O4. The number of carbonyl (C=O) groups is 1. The van der Waals surface area contributed by atoms with Crippen molar-refractivity contribution in [2.45, 2.75) is 46.3 Å². The van der Waals surface area contributed by atoms with Gasteiger partial charge in [0.05, 0.1) is 17.1 Å². The van der Waals surface area contributed by atoms with E-state index >= 15 is 0 Å². The first kappa shape index (κ1) is 17.9. The fourth-order valence-electron chi connectivity index (χ4n) is 1.98. The summed E-state index contributed by atoms with van der Waals surface area (Å²) in [5, 5.41) is 23.5. The molecule has 0 saturated carbocycles. The predicted molar refractivity (Wildman–Crippen MR) is 85.0 cm³/mol. The number of anilines is 1. The van der Waals surface area contributed by atoms with Crippen molar-refractivity contribution >= 4 is 17.4 Å². The van der Waals surface area contributed by atoms with Crippen LogP contribution in [0.15, 0.2) is 18.2 Å². The Labute approximate surface area is 130 Å². The van der Waals surface area contributed by atoms with Crippen LogP contribution in [0.2, 0.25) is 0 Å². The Morgan fingerprint density at radius 1 is 1.45 bits per heavy atom. The van der Waals surface area contributed by atoms with Gasteiger partial charge in [0.2, 0.25) is 0 Å². The van der Waals surface area contributed by atoms with Gasteiger partial charge in [0.1, 0.15) is 0 Å². The zero-order valence-electron chi connectivity index (χ0n) is 13.6. The highest BCUT2D eigenvalue weighted by atomic mass is 16.6. The largest absolute Gasteiger partial charge is 0.389 e. The lowest BCUT2D eigenvalue weighted by Gasteiger charge is -2.32. The van der Waals surface area contributed by atoms with E-state index in [4.69, 9.17) is 0 Å². The first-order valence-electron chi connectivity index (χ1n) is 7.06. The average molecular weight is 309 g/mol. The van der Waals surface area contributed by atoms with E-state index in [1.165, 1.54) is 11.0 Å². The third-order valence-corrected chi connectivity index (χ3v) is 3.10. The van der Waals surface area contributed by atoms with Crippen molar-refractivity contribution in [3.05, 3.63) is 33.9 Å². The van der Waals surface area contributed by atoms with Crippen LogP contribution in [0.25, 0.3) is 0 Å². The molecule has 0 heterocycles. The molecular weight excluding hydrogens is 286 g/mol. The molecule has 0 radical (unpaired) electrons. The van der Waals surface area contributed by atoms with Gasteiger partial charge in [-0.25, -0.2) is 4.79 Å². The molecule has 2 N–H and O–H groups in total. The predicted octanol–water partition coefficient (Wildman–Crippen LogP) is 2.92. The number of hydrogen-bond donors (Lipinski definition) is 2. The van der Waals surface area contributed by atoms with E-state index in [0.717, 1.165) is 0 Å². The molecule has 0 aromatic heterocycles. The Bertz CT molecular complexity index is 564. The summed E-state index contributed by atoms with van der Waals surface area (Å²) in [5.41, 5.74) is -0.193.